The number of ether oxygens (including phenoxy) is 1. The average Bonchev–Trinajstić information content (AvgIpc) is 3.07. The van der Waals surface area contributed by atoms with Crippen LogP contribution in [0.3, 0.4) is 0 Å². The highest BCUT2D eigenvalue weighted by atomic mass is 32.2. The zero-order chi connectivity index (χ0) is 15.7. The van der Waals surface area contributed by atoms with Crippen LogP contribution in [0.25, 0.3) is 0 Å². The number of carbonyl (C=O) groups is 1. The summed E-state index contributed by atoms with van der Waals surface area (Å²) < 4.78 is 31.8. The monoisotopic (exact) mass is 324 g/mol. The van der Waals surface area contributed by atoms with E-state index >= 15 is 0 Å². The normalized spacial score (nSPS) is 21.4. The Morgan fingerprint density at radius 2 is 1.95 bits per heavy atom. The van der Waals surface area contributed by atoms with Crippen molar-refractivity contribution >= 4 is 21.6 Å². The molecule has 120 valence electrons. The van der Waals surface area contributed by atoms with Gasteiger partial charge in [0.1, 0.15) is 5.75 Å². The maximum atomic E-state index is 12.6. The third-order valence-electron chi connectivity index (χ3n) is 4.13. The molecule has 1 aromatic carbocycles. The zero-order valence-electron chi connectivity index (χ0n) is 12.6. The summed E-state index contributed by atoms with van der Waals surface area (Å²) in [5, 5.41) is 0. The lowest BCUT2D eigenvalue weighted by Gasteiger charge is -2.35. The van der Waals surface area contributed by atoms with Crippen molar-refractivity contribution in [2.45, 2.75) is 25.9 Å². The summed E-state index contributed by atoms with van der Waals surface area (Å²) in [7, 11) is -3.44. The van der Waals surface area contributed by atoms with Crippen LogP contribution >= 0.6 is 0 Å². The van der Waals surface area contributed by atoms with Crippen LogP contribution in [0.4, 0.5) is 5.69 Å². The molecule has 1 saturated heterocycles. The summed E-state index contributed by atoms with van der Waals surface area (Å²) in [6, 6.07) is 6.96. The first-order valence-electron chi connectivity index (χ1n) is 7.58. The Labute approximate surface area is 130 Å². The van der Waals surface area contributed by atoms with Gasteiger partial charge in [-0.15, -0.1) is 0 Å². The minimum absolute atomic E-state index is 0.00798. The second-order valence-corrected chi connectivity index (χ2v) is 7.72. The van der Waals surface area contributed by atoms with Crippen LogP contribution in [-0.2, 0) is 14.8 Å². The van der Waals surface area contributed by atoms with Crippen molar-refractivity contribution in [2.24, 2.45) is 0 Å². The Hall–Kier alpha value is -1.76. The lowest BCUT2D eigenvalue weighted by Crippen LogP contribution is -2.51. The van der Waals surface area contributed by atoms with Crippen LogP contribution < -0.4 is 9.04 Å². The third kappa shape index (κ3) is 2.65. The highest BCUT2D eigenvalue weighted by Crippen LogP contribution is 2.35. The van der Waals surface area contributed by atoms with Crippen molar-refractivity contribution in [1.82, 2.24) is 4.90 Å². The van der Waals surface area contributed by atoms with E-state index in [0.717, 1.165) is 25.9 Å². The largest absolute Gasteiger partial charge is 0.476 e. The number of nitrogens with zero attached hydrogens (tertiary/aromatic N) is 2. The van der Waals surface area contributed by atoms with E-state index in [1.165, 1.54) is 4.31 Å². The Morgan fingerprint density at radius 3 is 2.64 bits per heavy atom. The highest BCUT2D eigenvalue weighted by molar-refractivity contribution is 7.92. The van der Waals surface area contributed by atoms with E-state index in [4.69, 9.17) is 4.74 Å². The number of rotatable bonds is 3. The highest BCUT2D eigenvalue weighted by Gasteiger charge is 2.38. The minimum atomic E-state index is -3.44. The van der Waals surface area contributed by atoms with Gasteiger partial charge in [0.05, 0.1) is 18.0 Å². The number of benzene rings is 1. The number of anilines is 1. The van der Waals surface area contributed by atoms with Crippen molar-refractivity contribution in [1.29, 1.82) is 0 Å². The average molecular weight is 324 g/mol. The minimum Gasteiger partial charge on any atom is -0.476 e. The molecule has 7 heteroatoms. The molecular formula is C15H20N2O4S. The number of para-hydroxylation sites is 2. The van der Waals surface area contributed by atoms with Gasteiger partial charge >= 0.3 is 0 Å². The molecule has 22 heavy (non-hydrogen) atoms. The van der Waals surface area contributed by atoms with Crippen molar-refractivity contribution < 1.29 is 17.9 Å². The molecule has 1 aromatic rings. The molecule has 1 amide bonds. The van der Waals surface area contributed by atoms with Crippen molar-refractivity contribution in [3.63, 3.8) is 0 Å². The first-order chi connectivity index (χ1) is 10.5. The molecular weight excluding hydrogens is 304 g/mol. The van der Waals surface area contributed by atoms with Crippen molar-refractivity contribution in [3.8, 4) is 5.75 Å². The lowest BCUT2D eigenvalue weighted by atomic mass is 10.2. The molecule has 6 nitrogen and oxygen atoms in total. The fourth-order valence-corrected chi connectivity index (χ4v) is 4.02. The van der Waals surface area contributed by atoms with E-state index in [1.54, 1.807) is 36.1 Å². The zero-order valence-corrected chi connectivity index (χ0v) is 13.4. The molecule has 2 aliphatic rings. The van der Waals surface area contributed by atoms with Gasteiger partial charge in [0.25, 0.3) is 5.91 Å². The summed E-state index contributed by atoms with van der Waals surface area (Å²) in [5.74, 6) is 0.318. The summed E-state index contributed by atoms with van der Waals surface area (Å²) in [6.07, 6.45) is 1.22. The topological polar surface area (TPSA) is 66.9 Å². The number of likely N-dealkylation sites (tertiary alicyclic amines) is 1. The van der Waals surface area contributed by atoms with Crippen LogP contribution in [-0.4, -0.2) is 50.7 Å². The number of fused-ring (bicyclic) bond motifs is 1. The van der Waals surface area contributed by atoms with Gasteiger partial charge in [-0.25, -0.2) is 8.42 Å². The molecule has 0 aliphatic carbocycles. The van der Waals surface area contributed by atoms with Gasteiger partial charge < -0.3 is 9.64 Å². The van der Waals surface area contributed by atoms with Crippen LogP contribution in [0, 0.1) is 0 Å². The van der Waals surface area contributed by atoms with E-state index in [9.17, 15) is 13.2 Å². The van der Waals surface area contributed by atoms with Gasteiger partial charge in [-0.2, -0.15) is 0 Å². The molecule has 2 aliphatic heterocycles. The first-order valence-corrected chi connectivity index (χ1v) is 9.18. The number of hydrogen-bond donors (Lipinski definition) is 0. The molecule has 3 rings (SSSR count). The Balaban J connectivity index is 1.92. The molecule has 0 saturated carbocycles. The molecule has 0 aromatic heterocycles. The summed E-state index contributed by atoms with van der Waals surface area (Å²) in [6.45, 7) is 3.09. The number of sulfonamides is 1. The number of hydrogen-bond acceptors (Lipinski definition) is 4. The van der Waals surface area contributed by atoms with E-state index in [2.05, 4.69) is 0 Å². The van der Waals surface area contributed by atoms with Gasteiger partial charge in [-0.1, -0.05) is 12.1 Å². The van der Waals surface area contributed by atoms with Crippen molar-refractivity contribution in [3.05, 3.63) is 24.3 Å². The number of amides is 1. The predicted molar refractivity (Wildman–Crippen MR) is 83.5 cm³/mol. The summed E-state index contributed by atoms with van der Waals surface area (Å²) >= 11 is 0. The van der Waals surface area contributed by atoms with E-state index in [1.807, 2.05) is 0 Å². The van der Waals surface area contributed by atoms with Crippen LogP contribution in [0.1, 0.15) is 19.8 Å². The standard InChI is InChI=1S/C15H20N2O4S/c1-2-22(19,20)17-11-14(15(18)16-9-5-6-10-16)21-13-8-4-3-7-12(13)17/h3-4,7-8,14H,2,5-6,9-11H2,1H3/t14-/m0/s1. The van der Waals surface area contributed by atoms with Gasteiger partial charge in [0.2, 0.25) is 10.0 Å². The Bertz CT molecular complexity index is 668. The first kappa shape index (κ1) is 15.1. The smallest absolute Gasteiger partial charge is 0.265 e. The fourth-order valence-electron chi connectivity index (χ4n) is 2.89. The van der Waals surface area contributed by atoms with E-state index in [-0.39, 0.29) is 18.2 Å². The molecule has 1 atom stereocenters. The quantitative estimate of drug-likeness (QED) is 0.839. The molecule has 0 N–H and O–H groups in total. The van der Waals surface area contributed by atoms with Crippen LogP contribution in [0.15, 0.2) is 24.3 Å². The SMILES string of the molecule is CCS(=O)(=O)N1C[C@@H](C(=O)N2CCCC2)Oc2ccccc21. The molecule has 2 heterocycles. The summed E-state index contributed by atoms with van der Waals surface area (Å²) in [5.41, 5.74) is 0.509. The van der Waals surface area contributed by atoms with Crippen LogP contribution in [0.5, 0.6) is 5.75 Å². The van der Waals surface area contributed by atoms with E-state index in [0.29, 0.717) is 11.4 Å². The maximum absolute atomic E-state index is 12.6. The molecule has 1 fully saturated rings. The summed E-state index contributed by atoms with van der Waals surface area (Å²) in [4.78, 5) is 14.3. The maximum Gasteiger partial charge on any atom is 0.265 e. The fraction of sp³-hybridized carbons (Fsp3) is 0.533. The molecule has 0 spiro atoms. The van der Waals surface area contributed by atoms with Gasteiger partial charge in [0.15, 0.2) is 6.10 Å². The second kappa shape index (κ2) is 5.79. The van der Waals surface area contributed by atoms with Crippen molar-refractivity contribution in [2.75, 3.05) is 29.7 Å². The Kier molecular flexibility index (Phi) is 3.99. The van der Waals surface area contributed by atoms with E-state index < -0.39 is 16.1 Å². The van der Waals surface area contributed by atoms with Gasteiger partial charge in [-0.05, 0) is 31.9 Å². The number of carbonyl (C=O) groups excluding carboxylic acids is 1. The molecule has 0 unspecified atom stereocenters. The predicted octanol–water partition coefficient (Wildman–Crippen LogP) is 1.23. The Morgan fingerprint density at radius 1 is 1.27 bits per heavy atom. The molecule has 0 bridgehead atoms. The van der Waals surface area contributed by atoms with Gasteiger partial charge in [0, 0.05) is 13.1 Å². The second-order valence-electron chi connectivity index (χ2n) is 5.54. The van der Waals surface area contributed by atoms with Crippen LogP contribution in [0.2, 0.25) is 0 Å². The third-order valence-corrected chi connectivity index (χ3v) is 5.88. The van der Waals surface area contributed by atoms with Gasteiger partial charge in [-0.3, -0.25) is 9.10 Å². The molecule has 0 radical (unpaired) electrons. The lowest BCUT2D eigenvalue weighted by molar-refractivity contribution is -0.137.